The number of urea groups is 1. The highest BCUT2D eigenvalue weighted by atomic mass is 16.5. The van der Waals surface area contributed by atoms with E-state index in [9.17, 15) is 24.6 Å². The van der Waals surface area contributed by atoms with Gasteiger partial charge in [-0.25, -0.2) is 14.4 Å². The molecule has 0 saturated carbocycles. The Morgan fingerprint density at radius 2 is 1.93 bits per heavy atom. The third kappa shape index (κ3) is 9.18. The van der Waals surface area contributed by atoms with Crippen LogP contribution in [0.4, 0.5) is 21.0 Å². The molecule has 0 spiro atoms. The molecule has 3 rings (SSSR count). The number of benzene rings is 1. The third-order valence-corrected chi connectivity index (χ3v) is 6.86. The molecule has 40 heavy (non-hydrogen) atoms. The molecule has 1 aromatic rings. The Morgan fingerprint density at radius 3 is 2.58 bits per heavy atom. The van der Waals surface area contributed by atoms with Gasteiger partial charge in [0, 0.05) is 43.1 Å². The number of aliphatic hydroxyl groups excluding tert-OH is 1. The number of nitrogens with zero attached hydrogens (tertiary/aromatic N) is 3. The molecule has 0 aromatic heterocycles. The van der Waals surface area contributed by atoms with Crippen LogP contribution in [0, 0.1) is 0 Å². The predicted octanol–water partition coefficient (Wildman–Crippen LogP) is 1.79. The Morgan fingerprint density at radius 1 is 1.18 bits per heavy atom. The number of alkyl carbamates (subject to hydrolysis) is 1. The molecule has 13 nitrogen and oxygen atoms in total. The van der Waals surface area contributed by atoms with Gasteiger partial charge in [0.05, 0.1) is 25.8 Å². The van der Waals surface area contributed by atoms with Crippen LogP contribution in [0.3, 0.4) is 0 Å². The fraction of sp³-hybridized carbons (Fsp3) is 0.630. The number of piperazine rings is 1. The van der Waals surface area contributed by atoms with Crippen LogP contribution in [0.15, 0.2) is 29.3 Å². The monoisotopic (exact) mass is 561 g/mol. The van der Waals surface area contributed by atoms with Crippen molar-refractivity contribution in [2.24, 2.45) is 4.99 Å². The molecule has 0 aliphatic carbocycles. The second-order valence-electron chi connectivity index (χ2n) is 10.3. The zero-order valence-electron chi connectivity index (χ0n) is 23.6. The lowest BCUT2D eigenvalue weighted by molar-refractivity contribution is -0.139. The second kappa shape index (κ2) is 15.2. The molecular formula is C27H43N7O6. The maximum atomic E-state index is 12.9. The van der Waals surface area contributed by atoms with Crippen LogP contribution in [0.2, 0.25) is 0 Å². The van der Waals surface area contributed by atoms with Crippen molar-refractivity contribution in [1.82, 2.24) is 20.9 Å². The van der Waals surface area contributed by atoms with Crippen molar-refractivity contribution in [3.05, 3.63) is 24.3 Å². The number of rotatable bonds is 11. The fourth-order valence-corrected chi connectivity index (χ4v) is 4.87. The molecule has 1 saturated heterocycles. The van der Waals surface area contributed by atoms with Gasteiger partial charge in [0.15, 0.2) is 5.96 Å². The predicted molar refractivity (Wildman–Crippen MR) is 153 cm³/mol. The Kier molecular flexibility index (Phi) is 11.7. The van der Waals surface area contributed by atoms with Crippen molar-refractivity contribution in [3.63, 3.8) is 0 Å². The summed E-state index contributed by atoms with van der Waals surface area (Å²) >= 11 is 0. The lowest BCUT2D eigenvalue weighted by Crippen LogP contribution is -2.61. The molecular weight excluding hydrogens is 518 g/mol. The molecule has 2 aliphatic rings. The highest BCUT2D eigenvalue weighted by Gasteiger charge is 2.33. The molecule has 3 amide bonds. The molecule has 13 heteroatoms. The molecule has 4 unspecified atom stereocenters. The minimum Gasteiger partial charge on any atom is -0.480 e. The number of ether oxygens (including phenoxy) is 1. The van der Waals surface area contributed by atoms with Crippen LogP contribution in [0.1, 0.15) is 46.5 Å². The van der Waals surface area contributed by atoms with Crippen molar-refractivity contribution in [2.45, 2.75) is 70.7 Å². The number of amides is 3. The summed E-state index contributed by atoms with van der Waals surface area (Å²) in [5, 5.41) is 30.4. The molecule has 1 fully saturated rings. The number of carboxylic acid groups (broad SMARTS) is 1. The molecule has 1 aromatic carbocycles. The van der Waals surface area contributed by atoms with Gasteiger partial charge >= 0.3 is 18.1 Å². The van der Waals surface area contributed by atoms with Crippen molar-refractivity contribution in [1.29, 1.82) is 0 Å². The zero-order valence-corrected chi connectivity index (χ0v) is 23.6. The molecule has 2 aliphatic heterocycles. The van der Waals surface area contributed by atoms with E-state index in [1.165, 1.54) is 0 Å². The molecule has 0 bridgehead atoms. The summed E-state index contributed by atoms with van der Waals surface area (Å²) in [5.74, 6) is -0.645. The van der Waals surface area contributed by atoms with E-state index in [2.05, 4.69) is 38.1 Å². The highest BCUT2D eigenvalue weighted by molar-refractivity contribution is 5.94. The zero-order chi connectivity index (χ0) is 29.1. The summed E-state index contributed by atoms with van der Waals surface area (Å²) in [4.78, 5) is 44.8. The average molecular weight is 562 g/mol. The van der Waals surface area contributed by atoms with Crippen LogP contribution in [-0.4, -0.2) is 103 Å². The summed E-state index contributed by atoms with van der Waals surface area (Å²) in [6, 6.07) is 6.20. The van der Waals surface area contributed by atoms with Gasteiger partial charge in [-0.05, 0) is 38.5 Å². The van der Waals surface area contributed by atoms with E-state index in [1.807, 2.05) is 38.1 Å². The lowest BCUT2D eigenvalue weighted by atomic mass is 10.1. The van der Waals surface area contributed by atoms with Crippen LogP contribution >= 0.6 is 0 Å². The standard InChI is InChI=1S/C27H43N7O6/c1-4-5-6-7-11-40-27(39)32-23(24(36)37)15-30-26(38)33-16-18(2)34(19(3)17-33)21-10-8-9-20(12-21)31-25-28-13-22(35)14-29-25/h8-10,12,18-19,22-23,35H,4-7,11,13-17H2,1-3H3,(H,30,38)(H,32,39)(H,36,37)(H2,28,29,31). The van der Waals surface area contributed by atoms with Crippen molar-refractivity contribution >= 4 is 35.4 Å². The van der Waals surface area contributed by atoms with Crippen LogP contribution < -0.4 is 26.2 Å². The number of guanidine groups is 1. The first-order valence-corrected chi connectivity index (χ1v) is 14.0. The first kappa shape index (κ1) is 30.8. The van der Waals surface area contributed by atoms with E-state index in [1.54, 1.807) is 4.90 Å². The number of carbonyl (C=O) groups is 3. The summed E-state index contributed by atoms with van der Waals surface area (Å²) < 4.78 is 5.06. The summed E-state index contributed by atoms with van der Waals surface area (Å²) in [5.41, 5.74) is 1.84. The van der Waals surface area contributed by atoms with Crippen LogP contribution in [0.25, 0.3) is 0 Å². The molecule has 222 valence electrons. The van der Waals surface area contributed by atoms with Gasteiger partial charge in [-0.2, -0.15) is 0 Å². The maximum Gasteiger partial charge on any atom is 0.407 e. The fourth-order valence-electron chi connectivity index (χ4n) is 4.87. The van der Waals surface area contributed by atoms with E-state index in [-0.39, 0.29) is 25.2 Å². The molecule has 6 N–H and O–H groups in total. The largest absolute Gasteiger partial charge is 0.480 e. The number of anilines is 2. The summed E-state index contributed by atoms with van der Waals surface area (Å²) in [7, 11) is 0. The normalized spacial score (nSPS) is 21.5. The summed E-state index contributed by atoms with van der Waals surface area (Å²) in [6.45, 7) is 7.76. The van der Waals surface area contributed by atoms with Gasteiger partial charge < -0.3 is 46.0 Å². The van der Waals surface area contributed by atoms with Crippen LogP contribution in [0.5, 0.6) is 0 Å². The number of hydrogen-bond acceptors (Lipinski definition) is 9. The smallest absolute Gasteiger partial charge is 0.407 e. The summed E-state index contributed by atoms with van der Waals surface area (Å²) in [6.07, 6.45) is 2.47. The quantitative estimate of drug-likeness (QED) is 0.221. The number of hydrogen-bond donors (Lipinski definition) is 6. The Bertz CT molecular complexity index is 1030. The average Bonchev–Trinajstić information content (AvgIpc) is 2.91. The number of aliphatic hydroxyl groups is 1. The minimum absolute atomic E-state index is 0.0128. The number of unbranched alkanes of at least 4 members (excludes halogenated alkanes) is 3. The minimum atomic E-state index is -1.30. The number of aliphatic carboxylic acids is 1. The van der Waals surface area contributed by atoms with Gasteiger partial charge in [-0.3, -0.25) is 4.99 Å². The van der Waals surface area contributed by atoms with Gasteiger partial charge in [-0.15, -0.1) is 0 Å². The Balaban J connectivity index is 1.51. The maximum absolute atomic E-state index is 12.9. The van der Waals surface area contributed by atoms with Crippen molar-refractivity contribution < 1.29 is 29.3 Å². The number of nitrogens with one attached hydrogen (secondary N) is 4. The Labute approximate surface area is 235 Å². The topological polar surface area (TPSA) is 168 Å². The van der Waals surface area contributed by atoms with E-state index >= 15 is 0 Å². The van der Waals surface area contributed by atoms with E-state index < -0.39 is 30.2 Å². The molecule has 4 atom stereocenters. The highest BCUT2D eigenvalue weighted by Crippen LogP contribution is 2.27. The van der Waals surface area contributed by atoms with Crippen molar-refractivity contribution in [2.75, 3.05) is 49.5 Å². The van der Waals surface area contributed by atoms with E-state index in [4.69, 9.17) is 4.74 Å². The van der Waals surface area contributed by atoms with Gasteiger partial charge in [-0.1, -0.05) is 32.3 Å². The van der Waals surface area contributed by atoms with E-state index in [0.717, 1.165) is 37.1 Å². The third-order valence-electron chi connectivity index (χ3n) is 6.86. The first-order chi connectivity index (χ1) is 19.2. The first-order valence-electron chi connectivity index (χ1n) is 14.0. The number of carbonyl (C=O) groups excluding carboxylic acids is 2. The second-order valence-corrected chi connectivity index (χ2v) is 10.3. The van der Waals surface area contributed by atoms with Crippen molar-refractivity contribution in [3.8, 4) is 0 Å². The number of β-amino-alcohol motifs (C(OH)–C–C–N with tert-alkyl or cyclic N) is 1. The van der Waals surface area contributed by atoms with E-state index in [0.29, 0.717) is 32.1 Å². The van der Waals surface area contributed by atoms with Gasteiger partial charge in [0.1, 0.15) is 6.04 Å². The Hall–Kier alpha value is -3.74. The number of aliphatic imine (C=N–C) groups is 1. The van der Waals surface area contributed by atoms with Crippen LogP contribution in [-0.2, 0) is 9.53 Å². The van der Waals surface area contributed by atoms with Gasteiger partial charge in [0.25, 0.3) is 0 Å². The molecule has 2 heterocycles. The SMILES string of the molecule is CCCCCCOC(=O)NC(CNC(=O)N1CC(C)N(c2cccc(NC3=NCC(O)CN3)c2)C(C)C1)C(=O)O. The molecule has 0 radical (unpaired) electrons. The van der Waals surface area contributed by atoms with Gasteiger partial charge in [0.2, 0.25) is 0 Å². The lowest BCUT2D eigenvalue weighted by Gasteiger charge is -2.46. The number of carboxylic acids is 1.